The molecule has 0 fully saturated rings. The second-order valence-corrected chi connectivity index (χ2v) is 4.01. The summed E-state index contributed by atoms with van der Waals surface area (Å²) in [5.74, 6) is -0.886. The van der Waals surface area contributed by atoms with Crippen LogP contribution in [-0.4, -0.2) is 42.5 Å². The Kier molecular flexibility index (Phi) is 6.02. The van der Waals surface area contributed by atoms with E-state index in [1.54, 1.807) is 11.4 Å². The SMILES string of the molecule is O=C(O)c1sccc1CNCCOCCO. The molecule has 0 saturated carbocycles. The molecule has 0 saturated heterocycles. The Hall–Kier alpha value is -0.950. The molecule has 0 unspecified atom stereocenters. The van der Waals surface area contributed by atoms with Crippen molar-refractivity contribution in [3.05, 3.63) is 21.9 Å². The number of ether oxygens (including phenoxy) is 1. The van der Waals surface area contributed by atoms with E-state index in [1.807, 2.05) is 0 Å². The van der Waals surface area contributed by atoms with Crippen LogP contribution in [0.15, 0.2) is 11.4 Å². The van der Waals surface area contributed by atoms with Crippen LogP contribution in [-0.2, 0) is 11.3 Å². The second-order valence-electron chi connectivity index (χ2n) is 3.09. The summed E-state index contributed by atoms with van der Waals surface area (Å²) < 4.78 is 5.05. The first-order valence-corrected chi connectivity index (χ1v) is 5.82. The monoisotopic (exact) mass is 245 g/mol. The van der Waals surface area contributed by atoms with Crippen molar-refractivity contribution in [2.45, 2.75) is 6.54 Å². The van der Waals surface area contributed by atoms with Crippen LogP contribution >= 0.6 is 11.3 Å². The molecule has 90 valence electrons. The van der Waals surface area contributed by atoms with Gasteiger partial charge in [0.1, 0.15) is 4.88 Å². The number of aromatic carboxylic acids is 1. The minimum absolute atomic E-state index is 0.0215. The van der Waals surface area contributed by atoms with Gasteiger partial charge in [0.15, 0.2) is 0 Å². The van der Waals surface area contributed by atoms with Crippen LogP contribution in [0.5, 0.6) is 0 Å². The highest BCUT2D eigenvalue weighted by atomic mass is 32.1. The highest BCUT2D eigenvalue weighted by Gasteiger charge is 2.10. The van der Waals surface area contributed by atoms with Crippen molar-refractivity contribution in [3.8, 4) is 0 Å². The van der Waals surface area contributed by atoms with Crippen molar-refractivity contribution in [2.75, 3.05) is 26.4 Å². The maximum absolute atomic E-state index is 10.8. The Balaban J connectivity index is 2.21. The minimum atomic E-state index is -0.886. The maximum Gasteiger partial charge on any atom is 0.346 e. The van der Waals surface area contributed by atoms with Gasteiger partial charge in [-0.3, -0.25) is 0 Å². The predicted molar refractivity (Wildman–Crippen MR) is 60.9 cm³/mol. The van der Waals surface area contributed by atoms with Crippen molar-refractivity contribution >= 4 is 17.3 Å². The lowest BCUT2D eigenvalue weighted by Gasteiger charge is -2.04. The number of carboxylic acids is 1. The normalized spacial score (nSPS) is 10.6. The van der Waals surface area contributed by atoms with Crippen LogP contribution in [0, 0.1) is 0 Å². The number of aliphatic hydroxyl groups is 1. The minimum Gasteiger partial charge on any atom is -0.477 e. The molecule has 16 heavy (non-hydrogen) atoms. The molecule has 1 aromatic rings. The molecular formula is C10H15NO4S. The molecule has 6 heteroatoms. The van der Waals surface area contributed by atoms with Crippen LogP contribution in [0.3, 0.4) is 0 Å². The molecule has 0 bridgehead atoms. The number of hydrogen-bond donors (Lipinski definition) is 3. The Bertz CT molecular complexity index is 326. The van der Waals surface area contributed by atoms with Crippen molar-refractivity contribution in [1.82, 2.24) is 5.32 Å². The second kappa shape index (κ2) is 7.34. The Labute approximate surface area is 97.7 Å². The lowest BCUT2D eigenvalue weighted by molar-refractivity contribution is 0.0700. The van der Waals surface area contributed by atoms with Crippen molar-refractivity contribution < 1.29 is 19.7 Å². The molecule has 1 aromatic heterocycles. The van der Waals surface area contributed by atoms with E-state index in [0.29, 0.717) is 31.2 Å². The summed E-state index contributed by atoms with van der Waals surface area (Å²) in [7, 11) is 0. The van der Waals surface area contributed by atoms with Gasteiger partial charge >= 0.3 is 5.97 Å². The number of carboxylic acid groups (broad SMARTS) is 1. The fraction of sp³-hybridized carbons (Fsp3) is 0.500. The Morgan fingerprint density at radius 1 is 1.50 bits per heavy atom. The highest BCUT2D eigenvalue weighted by molar-refractivity contribution is 7.12. The van der Waals surface area contributed by atoms with Gasteiger partial charge in [-0.15, -0.1) is 11.3 Å². The number of nitrogens with one attached hydrogen (secondary N) is 1. The molecule has 5 nitrogen and oxygen atoms in total. The zero-order valence-electron chi connectivity index (χ0n) is 8.81. The van der Waals surface area contributed by atoms with Gasteiger partial charge in [0.25, 0.3) is 0 Å². The van der Waals surface area contributed by atoms with Gasteiger partial charge in [0.2, 0.25) is 0 Å². The first-order chi connectivity index (χ1) is 7.75. The molecular weight excluding hydrogens is 230 g/mol. The average Bonchev–Trinajstić information content (AvgIpc) is 2.71. The standard InChI is InChI=1S/C10H15NO4S/c12-3-5-15-4-2-11-7-8-1-6-16-9(8)10(13)14/h1,6,11-12H,2-5,7H2,(H,13,14). The van der Waals surface area contributed by atoms with E-state index in [2.05, 4.69) is 5.32 Å². The van der Waals surface area contributed by atoms with E-state index in [4.69, 9.17) is 14.9 Å². The van der Waals surface area contributed by atoms with Crippen molar-refractivity contribution in [3.63, 3.8) is 0 Å². The molecule has 1 heterocycles. The van der Waals surface area contributed by atoms with Gasteiger partial charge < -0.3 is 20.3 Å². The van der Waals surface area contributed by atoms with Gasteiger partial charge in [0, 0.05) is 13.1 Å². The maximum atomic E-state index is 10.8. The fourth-order valence-corrected chi connectivity index (χ4v) is 1.96. The van der Waals surface area contributed by atoms with Gasteiger partial charge in [-0.1, -0.05) is 0 Å². The number of rotatable bonds is 8. The molecule has 0 aliphatic heterocycles. The topological polar surface area (TPSA) is 78.8 Å². The molecule has 0 radical (unpaired) electrons. The summed E-state index contributed by atoms with van der Waals surface area (Å²) in [5.41, 5.74) is 0.791. The lowest BCUT2D eigenvalue weighted by Crippen LogP contribution is -2.20. The van der Waals surface area contributed by atoms with E-state index in [-0.39, 0.29) is 6.61 Å². The smallest absolute Gasteiger partial charge is 0.346 e. The molecule has 0 amide bonds. The molecule has 1 rings (SSSR count). The van der Waals surface area contributed by atoms with Crippen LogP contribution < -0.4 is 5.32 Å². The van der Waals surface area contributed by atoms with E-state index in [9.17, 15) is 4.79 Å². The number of thiophene rings is 1. The fourth-order valence-electron chi connectivity index (χ4n) is 1.20. The van der Waals surface area contributed by atoms with Gasteiger partial charge in [-0.25, -0.2) is 4.79 Å². The number of carbonyl (C=O) groups is 1. The summed E-state index contributed by atoms with van der Waals surface area (Å²) in [6.45, 7) is 2.02. The molecule has 0 aromatic carbocycles. The van der Waals surface area contributed by atoms with Gasteiger partial charge in [-0.05, 0) is 17.0 Å². The summed E-state index contributed by atoms with van der Waals surface area (Å²) in [4.78, 5) is 11.2. The number of aliphatic hydroxyl groups excluding tert-OH is 1. The summed E-state index contributed by atoms with van der Waals surface area (Å²) in [5, 5.41) is 22.2. The predicted octanol–water partition coefficient (Wildman–Crippen LogP) is 0.545. The molecule has 0 atom stereocenters. The third-order valence-electron chi connectivity index (χ3n) is 1.92. The van der Waals surface area contributed by atoms with Crippen molar-refractivity contribution in [2.24, 2.45) is 0 Å². The van der Waals surface area contributed by atoms with Crippen LogP contribution in [0.1, 0.15) is 15.2 Å². The summed E-state index contributed by atoms with van der Waals surface area (Å²) in [6.07, 6.45) is 0. The Morgan fingerprint density at radius 3 is 3.00 bits per heavy atom. The quantitative estimate of drug-likeness (QED) is 0.583. The molecule has 3 N–H and O–H groups in total. The largest absolute Gasteiger partial charge is 0.477 e. The third-order valence-corrected chi connectivity index (χ3v) is 2.86. The first kappa shape index (κ1) is 13.1. The van der Waals surface area contributed by atoms with Gasteiger partial charge in [-0.2, -0.15) is 0 Å². The van der Waals surface area contributed by atoms with E-state index in [0.717, 1.165) is 5.56 Å². The molecule has 0 aliphatic rings. The molecule has 0 spiro atoms. The third kappa shape index (κ3) is 4.28. The van der Waals surface area contributed by atoms with Crippen LogP contribution in [0.2, 0.25) is 0 Å². The number of hydrogen-bond acceptors (Lipinski definition) is 5. The van der Waals surface area contributed by atoms with E-state index in [1.165, 1.54) is 11.3 Å². The molecule has 0 aliphatic carbocycles. The van der Waals surface area contributed by atoms with Crippen LogP contribution in [0.25, 0.3) is 0 Å². The van der Waals surface area contributed by atoms with E-state index >= 15 is 0 Å². The highest BCUT2D eigenvalue weighted by Crippen LogP contribution is 2.16. The first-order valence-electron chi connectivity index (χ1n) is 4.94. The van der Waals surface area contributed by atoms with Gasteiger partial charge in [0.05, 0.1) is 19.8 Å². The van der Waals surface area contributed by atoms with Crippen molar-refractivity contribution in [1.29, 1.82) is 0 Å². The van der Waals surface area contributed by atoms with E-state index < -0.39 is 5.97 Å². The zero-order valence-corrected chi connectivity index (χ0v) is 9.63. The summed E-state index contributed by atoms with van der Waals surface area (Å²) in [6, 6.07) is 1.80. The van der Waals surface area contributed by atoms with Crippen LogP contribution in [0.4, 0.5) is 0 Å². The summed E-state index contributed by atoms with van der Waals surface area (Å²) >= 11 is 1.23. The zero-order chi connectivity index (χ0) is 11.8. The lowest BCUT2D eigenvalue weighted by atomic mass is 10.2. The average molecular weight is 245 g/mol. The Morgan fingerprint density at radius 2 is 2.31 bits per heavy atom.